The fourth-order valence-electron chi connectivity index (χ4n) is 1.61. The highest BCUT2D eigenvalue weighted by Gasteiger charge is 2.29. The van der Waals surface area contributed by atoms with Gasteiger partial charge < -0.3 is 10.6 Å². The van der Waals surface area contributed by atoms with E-state index in [0.29, 0.717) is 6.04 Å². The largest absolute Gasteiger partial charge is 0.326 e. The van der Waals surface area contributed by atoms with Crippen LogP contribution >= 0.6 is 0 Å². The van der Waals surface area contributed by atoms with Crippen molar-refractivity contribution in [2.75, 3.05) is 12.4 Å². The lowest BCUT2D eigenvalue weighted by Gasteiger charge is -2.11. The van der Waals surface area contributed by atoms with Crippen LogP contribution in [0.4, 0.5) is 5.69 Å². The molecule has 0 radical (unpaired) electrons. The third-order valence-corrected chi connectivity index (χ3v) is 3.06. The van der Waals surface area contributed by atoms with Crippen molar-refractivity contribution in [1.82, 2.24) is 5.32 Å². The summed E-state index contributed by atoms with van der Waals surface area (Å²) >= 11 is 0. The smallest absolute Gasteiger partial charge is 0.227 e. The Bertz CT molecular complexity index is 368. The number of hydrogen-bond donors (Lipinski definition) is 2. The Morgan fingerprint density at radius 3 is 2.44 bits per heavy atom. The summed E-state index contributed by atoms with van der Waals surface area (Å²) in [7, 11) is 1.94. The predicted molar refractivity (Wildman–Crippen MR) is 65.3 cm³/mol. The molecule has 1 aromatic carbocycles. The van der Waals surface area contributed by atoms with Gasteiger partial charge in [0.2, 0.25) is 5.91 Å². The van der Waals surface area contributed by atoms with Gasteiger partial charge in [0.05, 0.1) is 0 Å². The van der Waals surface area contributed by atoms with Crippen molar-refractivity contribution < 1.29 is 4.79 Å². The van der Waals surface area contributed by atoms with Crippen molar-refractivity contribution in [3.8, 4) is 0 Å². The quantitative estimate of drug-likeness (QED) is 0.814. The van der Waals surface area contributed by atoms with E-state index in [-0.39, 0.29) is 11.8 Å². The number of amides is 1. The van der Waals surface area contributed by atoms with E-state index in [9.17, 15) is 4.79 Å². The zero-order chi connectivity index (χ0) is 11.5. The molecule has 3 heteroatoms. The lowest BCUT2D eigenvalue weighted by molar-refractivity contribution is -0.117. The molecule has 16 heavy (non-hydrogen) atoms. The van der Waals surface area contributed by atoms with Gasteiger partial charge in [0.1, 0.15) is 0 Å². The molecule has 1 unspecified atom stereocenters. The first-order chi connectivity index (χ1) is 7.70. The summed E-state index contributed by atoms with van der Waals surface area (Å²) in [4.78, 5) is 11.5. The molecule has 1 fully saturated rings. The van der Waals surface area contributed by atoms with E-state index in [2.05, 4.69) is 17.6 Å². The zero-order valence-corrected chi connectivity index (χ0v) is 9.79. The monoisotopic (exact) mass is 218 g/mol. The SMILES string of the molecule is CNC(C)c1ccc(NC(=O)C2CC2)cc1. The summed E-state index contributed by atoms with van der Waals surface area (Å²) < 4.78 is 0. The standard InChI is InChI=1S/C13H18N2O/c1-9(14-2)10-5-7-12(8-6-10)15-13(16)11-3-4-11/h5-9,11,14H,3-4H2,1-2H3,(H,15,16). The van der Waals surface area contributed by atoms with E-state index < -0.39 is 0 Å². The fourth-order valence-corrected chi connectivity index (χ4v) is 1.61. The minimum atomic E-state index is 0.161. The number of anilines is 1. The van der Waals surface area contributed by atoms with Crippen LogP contribution < -0.4 is 10.6 Å². The number of rotatable bonds is 4. The molecule has 0 heterocycles. The van der Waals surface area contributed by atoms with Gasteiger partial charge in [-0.15, -0.1) is 0 Å². The Labute approximate surface area is 96.2 Å². The number of benzene rings is 1. The third-order valence-electron chi connectivity index (χ3n) is 3.06. The minimum Gasteiger partial charge on any atom is -0.326 e. The summed E-state index contributed by atoms with van der Waals surface area (Å²) in [5, 5.41) is 6.11. The topological polar surface area (TPSA) is 41.1 Å². The van der Waals surface area contributed by atoms with Crippen LogP contribution in [0.3, 0.4) is 0 Å². The molecule has 1 atom stereocenters. The first-order valence-electron chi connectivity index (χ1n) is 5.79. The van der Waals surface area contributed by atoms with Gasteiger partial charge in [-0.3, -0.25) is 4.79 Å². The first-order valence-corrected chi connectivity index (χ1v) is 5.79. The minimum absolute atomic E-state index is 0.161. The second-order valence-corrected chi connectivity index (χ2v) is 4.40. The van der Waals surface area contributed by atoms with Gasteiger partial charge >= 0.3 is 0 Å². The summed E-state index contributed by atoms with van der Waals surface area (Å²) in [6.45, 7) is 2.11. The van der Waals surface area contributed by atoms with E-state index in [1.54, 1.807) is 0 Å². The molecule has 0 aromatic heterocycles. The third kappa shape index (κ3) is 2.61. The predicted octanol–water partition coefficient (Wildman–Crippen LogP) is 2.32. The molecule has 0 aliphatic heterocycles. The average molecular weight is 218 g/mol. The highest BCUT2D eigenvalue weighted by atomic mass is 16.2. The molecule has 0 spiro atoms. The highest BCUT2D eigenvalue weighted by Crippen LogP contribution is 2.30. The van der Waals surface area contributed by atoms with Gasteiger partial charge in [0.25, 0.3) is 0 Å². The van der Waals surface area contributed by atoms with E-state index in [4.69, 9.17) is 0 Å². The van der Waals surface area contributed by atoms with Crippen LogP contribution in [-0.4, -0.2) is 13.0 Å². The summed E-state index contributed by atoms with van der Waals surface area (Å²) in [5.41, 5.74) is 2.12. The lowest BCUT2D eigenvalue weighted by atomic mass is 10.1. The van der Waals surface area contributed by atoms with Crippen molar-refractivity contribution in [2.24, 2.45) is 5.92 Å². The highest BCUT2D eigenvalue weighted by molar-refractivity contribution is 5.93. The van der Waals surface area contributed by atoms with Crippen molar-refractivity contribution >= 4 is 11.6 Å². The molecule has 2 rings (SSSR count). The maximum absolute atomic E-state index is 11.5. The van der Waals surface area contributed by atoms with Crippen molar-refractivity contribution in [3.63, 3.8) is 0 Å². The van der Waals surface area contributed by atoms with E-state index >= 15 is 0 Å². The average Bonchev–Trinajstić information content (AvgIpc) is 3.13. The van der Waals surface area contributed by atoms with Crippen LogP contribution in [0.15, 0.2) is 24.3 Å². The molecule has 1 aliphatic carbocycles. The summed E-state index contributed by atoms with van der Waals surface area (Å²) in [5.74, 6) is 0.422. The molecular formula is C13H18N2O. The van der Waals surface area contributed by atoms with Crippen LogP contribution in [0.5, 0.6) is 0 Å². The molecule has 0 saturated heterocycles. The lowest BCUT2D eigenvalue weighted by Crippen LogP contribution is -2.14. The van der Waals surface area contributed by atoms with Crippen LogP contribution in [0.25, 0.3) is 0 Å². The second kappa shape index (κ2) is 4.66. The molecule has 1 aromatic rings. The Kier molecular flexibility index (Phi) is 3.25. The van der Waals surface area contributed by atoms with E-state index in [0.717, 1.165) is 18.5 Å². The second-order valence-electron chi connectivity index (χ2n) is 4.40. The maximum Gasteiger partial charge on any atom is 0.227 e. The number of carbonyl (C=O) groups excluding carboxylic acids is 1. The Balaban J connectivity index is 1.98. The Hall–Kier alpha value is -1.35. The van der Waals surface area contributed by atoms with E-state index in [1.165, 1.54) is 5.56 Å². The molecule has 1 aliphatic rings. The van der Waals surface area contributed by atoms with Crippen molar-refractivity contribution in [3.05, 3.63) is 29.8 Å². The Morgan fingerprint density at radius 2 is 1.94 bits per heavy atom. The normalized spacial score (nSPS) is 16.9. The summed E-state index contributed by atoms with van der Waals surface area (Å²) in [6.07, 6.45) is 2.08. The van der Waals surface area contributed by atoms with Crippen molar-refractivity contribution in [1.29, 1.82) is 0 Å². The molecular weight excluding hydrogens is 200 g/mol. The molecule has 86 valence electrons. The molecule has 3 nitrogen and oxygen atoms in total. The van der Waals surface area contributed by atoms with Crippen LogP contribution in [0.2, 0.25) is 0 Å². The number of carbonyl (C=O) groups is 1. The Morgan fingerprint density at radius 1 is 1.31 bits per heavy atom. The van der Waals surface area contributed by atoms with Crippen LogP contribution in [-0.2, 0) is 4.79 Å². The molecule has 0 bridgehead atoms. The fraction of sp³-hybridized carbons (Fsp3) is 0.462. The molecule has 1 amide bonds. The zero-order valence-electron chi connectivity index (χ0n) is 9.79. The number of nitrogens with one attached hydrogen (secondary N) is 2. The van der Waals surface area contributed by atoms with Gasteiger partial charge in [0, 0.05) is 17.6 Å². The van der Waals surface area contributed by atoms with Gasteiger partial charge in [-0.1, -0.05) is 12.1 Å². The first kappa shape index (κ1) is 11.1. The maximum atomic E-state index is 11.5. The van der Waals surface area contributed by atoms with Crippen LogP contribution in [0.1, 0.15) is 31.4 Å². The van der Waals surface area contributed by atoms with E-state index in [1.807, 2.05) is 31.3 Å². The van der Waals surface area contributed by atoms with Crippen LogP contribution in [0, 0.1) is 5.92 Å². The van der Waals surface area contributed by atoms with Gasteiger partial charge in [0.15, 0.2) is 0 Å². The summed E-state index contributed by atoms with van der Waals surface area (Å²) in [6, 6.07) is 8.36. The van der Waals surface area contributed by atoms with Gasteiger partial charge in [-0.25, -0.2) is 0 Å². The molecule has 2 N–H and O–H groups in total. The van der Waals surface area contributed by atoms with Gasteiger partial charge in [-0.05, 0) is 44.5 Å². The number of hydrogen-bond acceptors (Lipinski definition) is 2. The van der Waals surface area contributed by atoms with Gasteiger partial charge in [-0.2, -0.15) is 0 Å². The molecule has 1 saturated carbocycles. The van der Waals surface area contributed by atoms with Crippen molar-refractivity contribution in [2.45, 2.75) is 25.8 Å².